The van der Waals surface area contributed by atoms with Gasteiger partial charge in [-0.2, -0.15) is 5.10 Å². The lowest BCUT2D eigenvalue weighted by Crippen LogP contribution is -2.42. The molecule has 2 fully saturated rings. The third-order valence-electron chi connectivity index (χ3n) is 5.56. The third kappa shape index (κ3) is 3.51. The van der Waals surface area contributed by atoms with Crippen molar-refractivity contribution in [2.45, 2.75) is 38.8 Å². The van der Waals surface area contributed by atoms with Crippen LogP contribution < -0.4 is 10.5 Å². The molecular weight excluding hydrogens is 331 g/mol. The molecule has 1 aromatic heterocycles. The summed E-state index contributed by atoms with van der Waals surface area (Å²) in [5.74, 6) is -0.196. The number of piperidine rings is 1. The van der Waals surface area contributed by atoms with Crippen LogP contribution >= 0.6 is 0 Å². The zero-order valence-corrected chi connectivity index (χ0v) is 15.2. The van der Waals surface area contributed by atoms with Crippen molar-refractivity contribution in [3.05, 3.63) is 57.8 Å². The minimum Gasteiger partial charge on any atom is -0.370 e. The highest BCUT2D eigenvalue weighted by Gasteiger charge is 2.24. The van der Waals surface area contributed by atoms with Crippen LogP contribution in [-0.2, 0) is 6.54 Å². The van der Waals surface area contributed by atoms with Gasteiger partial charge in [0.15, 0.2) is 0 Å². The molecule has 0 amide bonds. The lowest BCUT2D eigenvalue weighted by Gasteiger charge is -2.34. The van der Waals surface area contributed by atoms with E-state index in [1.807, 2.05) is 19.2 Å². The van der Waals surface area contributed by atoms with E-state index in [4.69, 9.17) is 0 Å². The van der Waals surface area contributed by atoms with Crippen molar-refractivity contribution in [1.29, 1.82) is 0 Å². The van der Waals surface area contributed by atoms with Crippen LogP contribution in [0.1, 0.15) is 36.4 Å². The minimum absolute atomic E-state index is 0.0248. The van der Waals surface area contributed by atoms with Gasteiger partial charge in [0.05, 0.1) is 17.9 Å². The van der Waals surface area contributed by atoms with E-state index in [2.05, 4.69) is 14.9 Å². The Balaban J connectivity index is 1.48. The largest absolute Gasteiger partial charge is 0.370 e. The van der Waals surface area contributed by atoms with Crippen molar-refractivity contribution in [1.82, 2.24) is 14.7 Å². The molecule has 6 heteroatoms. The molecule has 0 saturated carbocycles. The molecule has 0 spiro atoms. The Morgan fingerprint density at radius 1 is 1.19 bits per heavy atom. The fraction of sp³-hybridized carbons (Fsp3) is 0.500. The van der Waals surface area contributed by atoms with Gasteiger partial charge in [-0.3, -0.25) is 9.69 Å². The molecular formula is C20H25FN4O. The van der Waals surface area contributed by atoms with E-state index < -0.39 is 0 Å². The monoisotopic (exact) mass is 356 g/mol. The molecule has 0 bridgehead atoms. The molecule has 2 aromatic rings. The van der Waals surface area contributed by atoms with Gasteiger partial charge < -0.3 is 4.90 Å². The first kappa shape index (κ1) is 17.2. The standard InChI is InChI=1S/C20H25FN4O/c1-15-5-6-17(21)10-16(15)13-23-7-2-4-18(14-23)25-20(26)11-19(12-22-25)24-8-3-9-24/h5-6,10-12,18H,2-4,7-9,13-14H2,1H3. The number of anilines is 1. The Kier molecular flexibility index (Phi) is 4.76. The van der Waals surface area contributed by atoms with Crippen molar-refractivity contribution in [3.63, 3.8) is 0 Å². The van der Waals surface area contributed by atoms with E-state index in [0.29, 0.717) is 6.54 Å². The van der Waals surface area contributed by atoms with Crippen molar-refractivity contribution >= 4 is 5.69 Å². The van der Waals surface area contributed by atoms with Crippen LogP contribution in [0.25, 0.3) is 0 Å². The highest BCUT2D eigenvalue weighted by molar-refractivity contribution is 5.44. The van der Waals surface area contributed by atoms with Gasteiger partial charge in [0.2, 0.25) is 0 Å². The minimum atomic E-state index is -0.196. The van der Waals surface area contributed by atoms with Crippen molar-refractivity contribution in [2.24, 2.45) is 0 Å². The molecule has 0 N–H and O–H groups in total. The van der Waals surface area contributed by atoms with E-state index in [9.17, 15) is 9.18 Å². The summed E-state index contributed by atoms with van der Waals surface area (Å²) in [6, 6.07) is 6.73. The van der Waals surface area contributed by atoms with Crippen LogP contribution in [0, 0.1) is 12.7 Å². The quantitative estimate of drug-likeness (QED) is 0.845. The number of benzene rings is 1. The van der Waals surface area contributed by atoms with Gasteiger partial charge >= 0.3 is 0 Å². The second kappa shape index (κ2) is 7.19. The molecule has 4 rings (SSSR count). The van der Waals surface area contributed by atoms with Crippen LogP contribution in [0.2, 0.25) is 0 Å². The number of aryl methyl sites for hydroxylation is 1. The number of nitrogens with zero attached hydrogens (tertiary/aromatic N) is 4. The number of hydrogen-bond donors (Lipinski definition) is 0. The number of aromatic nitrogens is 2. The van der Waals surface area contributed by atoms with Crippen molar-refractivity contribution < 1.29 is 4.39 Å². The average Bonchev–Trinajstić information content (AvgIpc) is 2.57. The predicted molar refractivity (Wildman–Crippen MR) is 100 cm³/mol. The number of hydrogen-bond acceptors (Lipinski definition) is 4. The van der Waals surface area contributed by atoms with Crippen molar-refractivity contribution in [2.75, 3.05) is 31.1 Å². The van der Waals surface area contributed by atoms with Crippen molar-refractivity contribution in [3.8, 4) is 0 Å². The smallest absolute Gasteiger partial charge is 0.269 e. The fourth-order valence-corrected chi connectivity index (χ4v) is 3.86. The first-order chi connectivity index (χ1) is 12.6. The molecule has 2 saturated heterocycles. The van der Waals surface area contributed by atoms with E-state index in [1.165, 1.54) is 12.5 Å². The summed E-state index contributed by atoms with van der Waals surface area (Å²) in [5.41, 5.74) is 3.02. The molecule has 26 heavy (non-hydrogen) atoms. The molecule has 2 aliphatic heterocycles. The highest BCUT2D eigenvalue weighted by atomic mass is 19.1. The maximum atomic E-state index is 13.6. The second-order valence-corrected chi connectivity index (χ2v) is 7.44. The van der Waals surface area contributed by atoms with Gasteiger partial charge in [-0.25, -0.2) is 9.07 Å². The summed E-state index contributed by atoms with van der Waals surface area (Å²) in [4.78, 5) is 17.0. The van der Waals surface area contributed by atoms with E-state index in [0.717, 1.165) is 55.8 Å². The van der Waals surface area contributed by atoms with Gasteiger partial charge in [-0.15, -0.1) is 0 Å². The Bertz CT molecular complexity index is 846. The van der Waals surface area contributed by atoms with Gasteiger partial charge in [0, 0.05) is 32.2 Å². The first-order valence-corrected chi connectivity index (χ1v) is 9.41. The van der Waals surface area contributed by atoms with Crippen LogP contribution in [0.5, 0.6) is 0 Å². The number of halogens is 1. The van der Waals surface area contributed by atoms with Crippen LogP contribution in [0.15, 0.2) is 35.3 Å². The Labute approximate surface area is 153 Å². The summed E-state index contributed by atoms with van der Waals surface area (Å²) >= 11 is 0. The predicted octanol–water partition coefficient (Wildman–Crippen LogP) is 2.74. The van der Waals surface area contributed by atoms with Gasteiger partial charge in [0.1, 0.15) is 5.82 Å². The van der Waals surface area contributed by atoms with Crippen LogP contribution in [0.4, 0.5) is 10.1 Å². The van der Waals surface area contributed by atoms with E-state index in [-0.39, 0.29) is 17.4 Å². The average molecular weight is 356 g/mol. The topological polar surface area (TPSA) is 41.4 Å². The van der Waals surface area contributed by atoms with Crippen LogP contribution in [0.3, 0.4) is 0 Å². The zero-order valence-electron chi connectivity index (χ0n) is 15.2. The molecule has 138 valence electrons. The number of likely N-dealkylation sites (tertiary alicyclic amines) is 1. The lowest BCUT2D eigenvalue weighted by molar-refractivity contribution is 0.159. The summed E-state index contributed by atoms with van der Waals surface area (Å²) in [5, 5.41) is 4.45. The first-order valence-electron chi connectivity index (χ1n) is 9.41. The zero-order chi connectivity index (χ0) is 18.1. The molecule has 1 unspecified atom stereocenters. The molecule has 1 aromatic carbocycles. The normalized spacial score (nSPS) is 20.8. The van der Waals surface area contributed by atoms with Crippen LogP contribution in [-0.4, -0.2) is 40.9 Å². The summed E-state index contributed by atoms with van der Waals surface area (Å²) in [6.45, 7) is 6.47. The highest BCUT2D eigenvalue weighted by Crippen LogP contribution is 2.23. The molecule has 0 radical (unpaired) electrons. The SMILES string of the molecule is Cc1ccc(F)cc1CN1CCCC(n2ncc(N3CCC3)cc2=O)C1. The summed E-state index contributed by atoms with van der Waals surface area (Å²) < 4.78 is 15.2. The molecule has 0 aliphatic carbocycles. The van der Waals surface area contributed by atoms with Gasteiger partial charge in [0.25, 0.3) is 5.56 Å². The Morgan fingerprint density at radius 2 is 2.04 bits per heavy atom. The Morgan fingerprint density at radius 3 is 2.77 bits per heavy atom. The molecule has 2 aliphatic rings. The summed E-state index contributed by atoms with van der Waals surface area (Å²) in [6.07, 6.45) is 4.96. The fourth-order valence-electron chi connectivity index (χ4n) is 3.86. The maximum absolute atomic E-state index is 13.6. The summed E-state index contributed by atoms with van der Waals surface area (Å²) in [7, 11) is 0. The number of rotatable bonds is 4. The third-order valence-corrected chi connectivity index (χ3v) is 5.56. The van der Waals surface area contributed by atoms with Gasteiger partial charge in [-0.05, 0) is 56.0 Å². The van der Waals surface area contributed by atoms with E-state index in [1.54, 1.807) is 16.8 Å². The second-order valence-electron chi connectivity index (χ2n) is 7.44. The maximum Gasteiger partial charge on any atom is 0.269 e. The molecule has 1 atom stereocenters. The van der Waals surface area contributed by atoms with Gasteiger partial charge in [-0.1, -0.05) is 6.07 Å². The Hall–Kier alpha value is -2.21. The molecule has 3 heterocycles. The molecule has 5 nitrogen and oxygen atoms in total. The lowest BCUT2D eigenvalue weighted by atomic mass is 10.0. The van der Waals surface area contributed by atoms with E-state index >= 15 is 0 Å².